The maximum absolute atomic E-state index is 4.06. The van der Waals surface area contributed by atoms with E-state index < -0.39 is 0 Å². The highest BCUT2D eigenvalue weighted by molar-refractivity contribution is 9.10. The number of nitrogens with zero attached hydrogens (tertiary/aromatic N) is 4. The molecule has 2 aromatic rings. The zero-order chi connectivity index (χ0) is 12.3. The number of halogens is 1. The number of aromatic nitrogens is 4. The van der Waals surface area contributed by atoms with Crippen LogP contribution in [0.1, 0.15) is 25.7 Å². The van der Waals surface area contributed by atoms with E-state index >= 15 is 0 Å². The Morgan fingerprint density at radius 2 is 2.06 bits per heavy atom. The summed E-state index contributed by atoms with van der Waals surface area (Å²) < 4.78 is 2.79. The molecule has 2 rings (SSSR count). The molecule has 90 valence electrons. The van der Waals surface area contributed by atoms with E-state index in [1.54, 1.807) is 4.68 Å². The van der Waals surface area contributed by atoms with E-state index in [0.717, 1.165) is 22.5 Å². The van der Waals surface area contributed by atoms with Crippen molar-refractivity contribution in [1.29, 1.82) is 0 Å². The Morgan fingerprint density at radius 1 is 1.35 bits per heavy atom. The third-order valence-corrected chi connectivity index (χ3v) is 2.99. The molecule has 1 aromatic heterocycles. The van der Waals surface area contributed by atoms with Crippen LogP contribution in [-0.2, 0) is 0 Å². The van der Waals surface area contributed by atoms with E-state index in [1.807, 2.05) is 31.2 Å². The van der Waals surface area contributed by atoms with Gasteiger partial charge in [-0.2, -0.15) is 4.68 Å². The normalized spacial score (nSPS) is 12.6. The molecule has 0 bridgehead atoms. The molecule has 0 aliphatic rings. The van der Waals surface area contributed by atoms with Gasteiger partial charge < -0.3 is 5.32 Å². The molecule has 1 unspecified atom stereocenters. The third kappa shape index (κ3) is 2.70. The standard InChI is InChI=1S/C11H14BrN5/c1-3-13-8(2)11-14-15-16-17(11)10-6-4-9(12)5-7-10/h4-8,13H,3H2,1-2H3. The molecular weight excluding hydrogens is 282 g/mol. The first-order valence-electron chi connectivity index (χ1n) is 5.50. The number of nitrogens with one attached hydrogen (secondary N) is 1. The predicted octanol–water partition coefficient (Wildman–Crippen LogP) is 2.10. The summed E-state index contributed by atoms with van der Waals surface area (Å²) in [4.78, 5) is 0. The van der Waals surface area contributed by atoms with Crippen LogP contribution < -0.4 is 5.32 Å². The number of hydrogen-bond donors (Lipinski definition) is 1. The van der Waals surface area contributed by atoms with Gasteiger partial charge in [-0.3, -0.25) is 0 Å². The molecule has 1 heterocycles. The minimum Gasteiger partial charge on any atom is -0.308 e. The minimum atomic E-state index is 0.124. The Kier molecular flexibility index (Phi) is 3.86. The lowest BCUT2D eigenvalue weighted by Gasteiger charge is -2.11. The Morgan fingerprint density at radius 3 is 2.71 bits per heavy atom. The lowest BCUT2D eigenvalue weighted by Crippen LogP contribution is -2.21. The molecule has 6 heteroatoms. The topological polar surface area (TPSA) is 55.6 Å². The van der Waals surface area contributed by atoms with Gasteiger partial charge in [0.15, 0.2) is 5.82 Å². The van der Waals surface area contributed by atoms with Gasteiger partial charge in [0.05, 0.1) is 11.7 Å². The number of rotatable bonds is 4. The maximum Gasteiger partial charge on any atom is 0.173 e. The molecule has 0 spiro atoms. The van der Waals surface area contributed by atoms with E-state index in [0.29, 0.717) is 0 Å². The zero-order valence-electron chi connectivity index (χ0n) is 9.76. The van der Waals surface area contributed by atoms with Gasteiger partial charge in [0.2, 0.25) is 0 Å². The lowest BCUT2D eigenvalue weighted by molar-refractivity contribution is 0.550. The van der Waals surface area contributed by atoms with Crippen LogP contribution in [0, 0.1) is 0 Å². The maximum atomic E-state index is 4.06. The van der Waals surface area contributed by atoms with Crippen LogP contribution in [-0.4, -0.2) is 26.8 Å². The monoisotopic (exact) mass is 295 g/mol. The van der Waals surface area contributed by atoms with Crippen LogP contribution in [0.3, 0.4) is 0 Å². The van der Waals surface area contributed by atoms with Crippen molar-refractivity contribution in [2.75, 3.05) is 6.54 Å². The van der Waals surface area contributed by atoms with Crippen LogP contribution >= 0.6 is 15.9 Å². The quantitative estimate of drug-likeness (QED) is 0.938. The highest BCUT2D eigenvalue weighted by Crippen LogP contribution is 2.16. The lowest BCUT2D eigenvalue weighted by atomic mass is 10.3. The molecule has 1 atom stereocenters. The van der Waals surface area contributed by atoms with Crippen LogP contribution in [0.4, 0.5) is 0 Å². The second-order valence-electron chi connectivity index (χ2n) is 3.70. The largest absolute Gasteiger partial charge is 0.308 e. The van der Waals surface area contributed by atoms with Crippen molar-refractivity contribution in [2.45, 2.75) is 19.9 Å². The first-order chi connectivity index (χ1) is 8.22. The fourth-order valence-electron chi connectivity index (χ4n) is 1.63. The van der Waals surface area contributed by atoms with Gasteiger partial charge in [-0.05, 0) is 48.2 Å². The molecule has 0 fully saturated rings. The average Bonchev–Trinajstić information content (AvgIpc) is 2.79. The average molecular weight is 296 g/mol. The first-order valence-corrected chi connectivity index (χ1v) is 6.29. The van der Waals surface area contributed by atoms with Crippen molar-refractivity contribution in [2.24, 2.45) is 0 Å². The van der Waals surface area contributed by atoms with Gasteiger partial charge in [0, 0.05) is 4.47 Å². The summed E-state index contributed by atoms with van der Waals surface area (Å²) in [6.45, 7) is 4.99. The van der Waals surface area contributed by atoms with Gasteiger partial charge in [-0.1, -0.05) is 22.9 Å². The Labute approximate surface area is 108 Å². The van der Waals surface area contributed by atoms with Crippen LogP contribution in [0.25, 0.3) is 5.69 Å². The molecule has 0 amide bonds. The van der Waals surface area contributed by atoms with Gasteiger partial charge in [-0.15, -0.1) is 5.10 Å². The van der Waals surface area contributed by atoms with Crippen molar-refractivity contribution in [3.05, 3.63) is 34.6 Å². The van der Waals surface area contributed by atoms with Gasteiger partial charge in [0.1, 0.15) is 0 Å². The van der Waals surface area contributed by atoms with E-state index in [4.69, 9.17) is 0 Å². The fraction of sp³-hybridized carbons (Fsp3) is 0.364. The Balaban J connectivity index is 2.33. The smallest absolute Gasteiger partial charge is 0.173 e. The van der Waals surface area contributed by atoms with Crippen LogP contribution in [0.5, 0.6) is 0 Å². The highest BCUT2D eigenvalue weighted by Gasteiger charge is 2.14. The summed E-state index contributed by atoms with van der Waals surface area (Å²) in [6, 6.07) is 8.02. The molecule has 0 saturated heterocycles. The van der Waals surface area contributed by atoms with Crippen molar-refractivity contribution in [1.82, 2.24) is 25.5 Å². The summed E-state index contributed by atoms with van der Waals surface area (Å²) in [5.41, 5.74) is 0.956. The molecule has 0 radical (unpaired) electrons. The summed E-state index contributed by atoms with van der Waals surface area (Å²) in [5.74, 6) is 0.814. The number of benzene rings is 1. The van der Waals surface area contributed by atoms with Crippen LogP contribution in [0.15, 0.2) is 28.7 Å². The van der Waals surface area contributed by atoms with Crippen molar-refractivity contribution in [3.63, 3.8) is 0 Å². The molecule has 17 heavy (non-hydrogen) atoms. The van der Waals surface area contributed by atoms with Gasteiger partial charge >= 0.3 is 0 Å². The molecular formula is C11H14BrN5. The molecule has 1 aromatic carbocycles. The second-order valence-corrected chi connectivity index (χ2v) is 4.62. The SMILES string of the molecule is CCNC(C)c1nnnn1-c1ccc(Br)cc1. The Hall–Kier alpha value is -1.27. The summed E-state index contributed by atoms with van der Waals surface area (Å²) in [6.07, 6.45) is 0. The molecule has 0 saturated carbocycles. The number of tetrazole rings is 1. The highest BCUT2D eigenvalue weighted by atomic mass is 79.9. The zero-order valence-corrected chi connectivity index (χ0v) is 11.3. The molecule has 5 nitrogen and oxygen atoms in total. The van der Waals surface area contributed by atoms with Crippen molar-refractivity contribution >= 4 is 15.9 Å². The molecule has 0 aliphatic carbocycles. The van der Waals surface area contributed by atoms with Crippen LogP contribution in [0.2, 0.25) is 0 Å². The summed E-state index contributed by atoms with van der Waals surface area (Å²) in [5, 5.41) is 15.1. The molecule has 1 N–H and O–H groups in total. The second kappa shape index (κ2) is 5.37. The Bertz CT molecular complexity index is 479. The summed E-state index contributed by atoms with van der Waals surface area (Å²) >= 11 is 3.41. The predicted molar refractivity (Wildman–Crippen MR) is 68.9 cm³/mol. The first kappa shape index (κ1) is 12.2. The summed E-state index contributed by atoms with van der Waals surface area (Å²) in [7, 11) is 0. The number of hydrogen-bond acceptors (Lipinski definition) is 4. The third-order valence-electron chi connectivity index (χ3n) is 2.46. The van der Waals surface area contributed by atoms with Gasteiger partial charge in [-0.25, -0.2) is 0 Å². The van der Waals surface area contributed by atoms with E-state index in [2.05, 4.69) is 43.7 Å². The fourth-order valence-corrected chi connectivity index (χ4v) is 1.89. The van der Waals surface area contributed by atoms with E-state index in [9.17, 15) is 0 Å². The minimum absolute atomic E-state index is 0.124. The van der Waals surface area contributed by atoms with Crippen molar-refractivity contribution in [3.8, 4) is 5.69 Å². The van der Waals surface area contributed by atoms with E-state index in [1.165, 1.54) is 0 Å². The van der Waals surface area contributed by atoms with E-state index in [-0.39, 0.29) is 6.04 Å². The van der Waals surface area contributed by atoms with Gasteiger partial charge in [0.25, 0.3) is 0 Å². The van der Waals surface area contributed by atoms with Crippen molar-refractivity contribution < 1.29 is 0 Å². The molecule has 0 aliphatic heterocycles.